The van der Waals surface area contributed by atoms with Gasteiger partial charge in [0.2, 0.25) is 0 Å². The lowest BCUT2D eigenvalue weighted by Gasteiger charge is -2.25. The highest BCUT2D eigenvalue weighted by molar-refractivity contribution is 5.37. The molecule has 0 radical (unpaired) electrons. The van der Waals surface area contributed by atoms with Gasteiger partial charge in [-0.25, -0.2) is 4.39 Å². The number of hydrogen-bond donors (Lipinski definition) is 1. The van der Waals surface area contributed by atoms with Gasteiger partial charge in [0.05, 0.1) is 26.4 Å². The lowest BCUT2D eigenvalue weighted by molar-refractivity contribution is 0.0748. The molecule has 0 spiro atoms. The van der Waals surface area contributed by atoms with E-state index in [0.29, 0.717) is 24.5 Å². The van der Waals surface area contributed by atoms with E-state index in [0.717, 1.165) is 6.54 Å². The lowest BCUT2D eigenvalue weighted by Crippen LogP contribution is -2.35. The van der Waals surface area contributed by atoms with Gasteiger partial charge >= 0.3 is 0 Å². The standard InChI is InChI=1S/C11H14FNO2/c1-14-10-4-2-3-8(12)11(10)9-7-15-6-5-13-9/h2-4,9,13H,5-7H2,1H3. The van der Waals surface area contributed by atoms with Crippen LogP contribution in [-0.2, 0) is 4.74 Å². The van der Waals surface area contributed by atoms with E-state index in [1.165, 1.54) is 6.07 Å². The summed E-state index contributed by atoms with van der Waals surface area (Å²) in [7, 11) is 1.54. The van der Waals surface area contributed by atoms with E-state index in [4.69, 9.17) is 9.47 Å². The smallest absolute Gasteiger partial charge is 0.131 e. The Morgan fingerprint density at radius 3 is 3.07 bits per heavy atom. The van der Waals surface area contributed by atoms with Gasteiger partial charge in [0.15, 0.2) is 0 Å². The summed E-state index contributed by atoms with van der Waals surface area (Å²) in [5, 5.41) is 3.21. The van der Waals surface area contributed by atoms with Crippen molar-refractivity contribution in [1.82, 2.24) is 5.32 Å². The molecule has 0 bridgehead atoms. The molecule has 0 saturated carbocycles. The van der Waals surface area contributed by atoms with Crippen molar-refractivity contribution in [1.29, 1.82) is 0 Å². The molecule has 1 aliphatic rings. The van der Waals surface area contributed by atoms with E-state index < -0.39 is 0 Å². The zero-order valence-corrected chi connectivity index (χ0v) is 8.63. The molecule has 1 aliphatic heterocycles. The predicted octanol–water partition coefficient (Wildman–Crippen LogP) is 1.50. The molecular formula is C11H14FNO2. The van der Waals surface area contributed by atoms with Crippen molar-refractivity contribution >= 4 is 0 Å². The summed E-state index contributed by atoms with van der Waals surface area (Å²) in [6.07, 6.45) is 0. The molecule has 82 valence electrons. The Bertz CT molecular complexity index is 337. The van der Waals surface area contributed by atoms with E-state index in [-0.39, 0.29) is 11.9 Å². The quantitative estimate of drug-likeness (QED) is 0.804. The Balaban J connectivity index is 2.31. The van der Waals surface area contributed by atoms with Gasteiger partial charge in [0.25, 0.3) is 0 Å². The van der Waals surface area contributed by atoms with Gasteiger partial charge in [-0.1, -0.05) is 6.07 Å². The highest BCUT2D eigenvalue weighted by Gasteiger charge is 2.22. The Morgan fingerprint density at radius 2 is 2.40 bits per heavy atom. The highest BCUT2D eigenvalue weighted by Crippen LogP contribution is 2.28. The fourth-order valence-corrected chi connectivity index (χ4v) is 1.78. The molecule has 0 aromatic heterocycles. The summed E-state index contributed by atoms with van der Waals surface area (Å²) >= 11 is 0. The van der Waals surface area contributed by atoms with Crippen molar-refractivity contribution in [3.8, 4) is 5.75 Å². The van der Waals surface area contributed by atoms with E-state index >= 15 is 0 Å². The van der Waals surface area contributed by atoms with Gasteiger partial charge in [0.1, 0.15) is 11.6 Å². The summed E-state index contributed by atoms with van der Waals surface area (Å²) in [4.78, 5) is 0. The fourth-order valence-electron chi connectivity index (χ4n) is 1.78. The number of benzene rings is 1. The van der Waals surface area contributed by atoms with Crippen molar-refractivity contribution in [2.75, 3.05) is 26.9 Å². The fraction of sp³-hybridized carbons (Fsp3) is 0.455. The van der Waals surface area contributed by atoms with Crippen molar-refractivity contribution in [3.63, 3.8) is 0 Å². The summed E-state index contributed by atoms with van der Waals surface area (Å²) < 4.78 is 24.1. The third kappa shape index (κ3) is 2.11. The third-order valence-electron chi connectivity index (χ3n) is 2.50. The first kappa shape index (κ1) is 10.4. The van der Waals surface area contributed by atoms with E-state index in [2.05, 4.69) is 5.32 Å². The number of hydrogen-bond acceptors (Lipinski definition) is 3. The second-order valence-corrected chi connectivity index (χ2v) is 3.44. The van der Waals surface area contributed by atoms with Crippen LogP contribution in [0.4, 0.5) is 4.39 Å². The van der Waals surface area contributed by atoms with E-state index in [1.807, 2.05) is 0 Å². The Morgan fingerprint density at radius 1 is 1.53 bits per heavy atom. The van der Waals surface area contributed by atoms with Crippen LogP contribution in [0.5, 0.6) is 5.75 Å². The average molecular weight is 211 g/mol. The van der Waals surface area contributed by atoms with Gasteiger partial charge in [-0.3, -0.25) is 0 Å². The molecule has 1 atom stereocenters. The van der Waals surface area contributed by atoms with Crippen molar-refractivity contribution in [2.24, 2.45) is 0 Å². The highest BCUT2D eigenvalue weighted by atomic mass is 19.1. The Labute approximate surface area is 88.2 Å². The minimum absolute atomic E-state index is 0.116. The van der Waals surface area contributed by atoms with Crippen LogP contribution in [0.25, 0.3) is 0 Å². The molecule has 0 amide bonds. The normalized spacial score (nSPS) is 21.3. The molecule has 1 aromatic rings. The minimum Gasteiger partial charge on any atom is -0.496 e. The largest absolute Gasteiger partial charge is 0.496 e. The molecular weight excluding hydrogens is 197 g/mol. The van der Waals surface area contributed by atoms with Crippen molar-refractivity contribution < 1.29 is 13.9 Å². The van der Waals surface area contributed by atoms with Gasteiger partial charge in [-0.15, -0.1) is 0 Å². The third-order valence-corrected chi connectivity index (χ3v) is 2.50. The van der Waals surface area contributed by atoms with Gasteiger partial charge in [-0.05, 0) is 12.1 Å². The predicted molar refractivity (Wildman–Crippen MR) is 54.5 cm³/mol. The van der Waals surface area contributed by atoms with Crippen LogP contribution in [0.1, 0.15) is 11.6 Å². The molecule has 1 N–H and O–H groups in total. The Kier molecular flexibility index (Phi) is 3.18. The molecule has 1 unspecified atom stereocenters. The van der Waals surface area contributed by atoms with Crippen LogP contribution in [-0.4, -0.2) is 26.9 Å². The molecule has 1 saturated heterocycles. The number of halogens is 1. The second-order valence-electron chi connectivity index (χ2n) is 3.44. The number of rotatable bonds is 2. The number of morpholine rings is 1. The number of nitrogens with one attached hydrogen (secondary N) is 1. The monoisotopic (exact) mass is 211 g/mol. The van der Waals surface area contributed by atoms with Gasteiger partial charge in [0, 0.05) is 12.1 Å². The van der Waals surface area contributed by atoms with E-state index in [1.54, 1.807) is 19.2 Å². The summed E-state index contributed by atoms with van der Waals surface area (Å²) in [5.41, 5.74) is 0.555. The number of ether oxygens (including phenoxy) is 2. The molecule has 3 nitrogen and oxygen atoms in total. The van der Waals surface area contributed by atoms with Gasteiger partial charge in [-0.2, -0.15) is 0 Å². The van der Waals surface area contributed by atoms with Crippen molar-refractivity contribution in [3.05, 3.63) is 29.6 Å². The van der Waals surface area contributed by atoms with Crippen molar-refractivity contribution in [2.45, 2.75) is 6.04 Å². The minimum atomic E-state index is -0.252. The lowest BCUT2D eigenvalue weighted by atomic mass is 10.0. The zero-order chi connectivity index (χ0) is 10.7. The first-order valence-corrected chi connectivity index (χ1v) is 4.96. The second kappa shape index (κ2) is 4.59. The maximum atomic E-state index is 13.6. The maximum absolute atomic E-state index is 13.6. The van der Waals surface area contributed by atoms with Crippen LogP contribution < -0.4 is 10.1 Å². The molecule has 1 fully saturated rings. The Hall–Kier alpha value is -1.13. The molecule has 0 aliphatic carbocycles. The molecule has 1 aromatic carbocycles. The van der Waals surface area contributed by atoms with E-state index in [9.17, 15) is 4.39 Å². The summed E-state index contributed by atoms with van der Waals surface area (Å²) in [5.74, 6) is 0.315. The van der Waals surface area contributed by atoms with Crippen LogP contribution in [0.3, 0.4) is 0 Å². The van der Waals surface area contributed by atoms with Crippen LogP contribution >= 0.6 is 0 Å². The molecule has 15 heavy (non-hydrogen) atoms. The average Bonchev–Trinajstić information content (AvgIpc) is 2.29. The van der Waals surface area contributed by atoms with Crippen LogP contribution in [0, 0.1) is 5.82 Å². The van der Waals surface area contributed by atoms with Gasteiger partial charge < -0.3 is 14.8 Å². The summed E-state index contributed by atoms with van der Waals surface area (Å²) in [6.45, 7) is 1.90. The first-order chi connectivity index (χ1) is 7.33. The number of methoxy groups -OCH3 is 1. The topological polar surface area (TPSA) is 30.5 Å². The summed E-state index contributed by atoms with van der Waals surface area (Å²) in [6, 6.07) is 4.72. The van der Waals surface area contributed by atoms with Crippen LogP contribution in [0.15, 0.2) is 18.2 Å². The SMILES string of the molecule is COc1cccc(F)c1C1COCCN1. The molecule has 2 rings (SSSR count). The molecule has 4 heteroatoms. The first-order valence-electron chi connectivity index (χ1n) is 4.96. The van der Waals surface area contributed by atoms with Crippen LogP contribution in [0.2, 0.25) is 0 Å². The maximum Gasteiger partial charge on any atom is 0.131 e. The zero-order valence-electron chi connectivity index (χ0n) is 8.63. The molecule has 1 heterocycles.